The maximum absolute atomic E-state index is 13.3. The quantitative estimate of drug-likeness (QED) is 0.690. The molecule has 1 aromatic carbocycles. The summed E-state index contributed by atoms with van der Waals surface area (Å²) in [5, 5.41) is 7.99. The van der Waals surface area contributed by atoms with E-state index in [0.717, 1.165) is 4.90 Å². The number of halogens is 1. The van der Waals surface area contributed by atoms with Crippen LogP contribution in [0.2, 0.25) is 0 Å². The van der Waals surface area contributed by atoms with Gasteiger partial charge in [0.2, 0.25) is 11.8 Å². The Morgan fingerprint density at radius 1 is 1.32 bits per heavy atom. The number of hydrogen-bond donors (Lipinski definition) is 1. The summed E-state index contributed by atoms with van der Waals surface area (Å²) in [7, 11) is 0. The summed E-state index contributed by atoms with van der Waals surface area (Å²) in [6, 6.07) is 4.72. The van der Waals surface area contributed by atoms with Gasteiger partial charge >= 0.3 is 0 Å². The number of aromatic nitrogens is 2. The molecule has 0 fully saturated rings. The molecule has 1 heterocycles. The SMILES string of the molecule is CC(C)(C)c1nnc(CSc2ccc(N)c(F)c2)o1. The summed E-state index contributed by atoms with van der Waals surface area (Å²) in [6.07, 6.45) is 0. The molecule has 0 atom stereocenters. The Kier molecular flexibility index (Phi) is 3.80. The molecule has 0 amide bonds. The molecule has 19 heavy (non-hydrogen) atoms. The van der Waals surface area contributed by atoms with Crippen molar-refractivity contribution >= 4 is 17.4 Å². The summed E-state index contributed by atoms with van der Waals surface area (Å²) >= 11 is 1.43. The second-order valence-corrected chi connectivity index (χ2v) is 6.27. The van der Waals surface area contributed by atoms with Gasteiger partial charge in [-0.15, -0.1) is 22.0 Å². The molecule has 2 aromatic rings. The third-order valence-electron chi connectivity index (χ3n) is 2.44. The van der Waals surface area contributed by atoms with E-state index in [1.165, 1.54) is 17.8 Å². The van der Waals surface area contributed by atoms with Crippen molar-refractivity contribution in [1.82, 2.24) is 10.2 Å². The second kappa shape index (κ2) is 5.21. The van der Waals surface area contributed by atoms with Crippen LogP contribution in [0.4, 0.5) is 10.1 Å². The van der Waals surface area contributed by atoms with Crippen molar-refractivity contribution in [3.8, 4) is 0 Å². The molecular weight excluding hydrogens is 265 g/mol. The van der Waals surface area contributed by atoms with Crippen LogP contribution in [0.3, 0.4) is 0 Å². The molecule has 0 aliphatic carbocycles. The van der Waals surface area contributed by atoms with Gasteiger partial charge in [-0.2, -0.15) is 0 Å². The van der Waals surface area contributed by atoms with E-state index in [1.54, 1.807) is 12.1 Å². The number of nitrogen functional groups attached to an aromatic ring is 1. The molecule has 2 rings (SSSR count). The molecule has 4 nitrogen and oxygen atoms in total. The summed E-state index contributed by atoms with van der Waals surface area (Å²) in [6.45, 7) is 6.02. The molecule has 0 saturated heterocycles. The van der Waals surface area contributed by atoms with E-state index in [2.05, 4.69) is 10.2 Å². The first-order chi connectivity index (χ1) is 8.86. The zero-order valence-electron chi connectivity index (χ0n) is 11.1. The number of rotatable bonds is 3. The van der Waals surface area contributed by atoms with Gasteiger partial charge in [0.25, 0.3) is 0 Å². The topological polar surface area (TPSA) is 64.9 Å². The van der Waals surface area contributed by atoms with Crippen LogP contribution in [-0.2, 0) is 11.2 Å². The van der Waals surface area contributed by atoms with E-state index in [4.69, 9.17) is 10.2 Å². The fourth-order valence-corrected chi connectivity index (χ4v) is 2.12. The van der Waals surface area contributed by atoms with E-state index in [1.807, 2.05) is 20.8 Å². The van der Waals surface area contributed by atoms with Crippen molar-refractivity contribution in [2.45, 2.75) is 36.8 Å². The van der Waals surface area contributed by atoms with Gasteiger partial charge in [-0.3, -0.25) is 0 Å². The molecule has 102 valence electrons. The van der Waals surface area contributed by atoms with Crippen molar-refractivity contribution in [2.75, 3.05) is 5.73 Å². The molecular formula is C13H16FN3OS. The maximum Gasteiger partial charge on any atom is 0.226 e. The smallest absolute Gasteiger partial charge is 0.226 e. The van der Waals surface area contributed by atoms with Crippen LogP contribution in [-0.4, -0.2) is 10.2 Å². The third kappa shape index (κ3) is 3.47. The molecule has 0 bridgehead atoms. The minimum atomic E-state index is -0.411. The first-order valence-corrected chi connectivity index (χ1v) is 6.85. The largest absolute Gasteiger partial charge is 0.424 e. The first kappa shape index (κ1) is 13.9. The average Bonchev–Trinajstić information content (AvgIpc) is 2.79. The standard InChI is InChI=1S/C13H16FN3OS/c1-13(2,3)12-17-16-11(18-12)7-19-8-4-5-10(15)9(14)6-8/h4-6H,7,15H2,1-3H3. The number of thioether (sulfide) groups is 1. The third-order valence-corrected chi connectivity index (χ3v) is 3.42. The number of nitrogens with zero attached hydrogens (tertiary/aromatic N) is 2. The zero-order chi connectivity index (χ0) is 14.0. The molecule has 0 saturated carbocycles. The number of benzene rings is 1. The van der Waals surface area contributed by atoms with Crippen LogP contribution >= 0.6 is 11.8 Å². The van der Waals surface area contributed by atoms with E-state index in [-0.39, 0.29) is 11.1 Å². The fourth-order valence-electron chi connectivity index (χ4n) is 1.36. The summed E-state index contributed by atoms with van der Waals surface area (Å²) in [4.78, 5) is 0.780. The lowest BCUT2D eigenvalue weighted by Gasteiger charge is -2.10. The van der Waals surface area contributed by atoms with E-state index < -0.39 is 5.82 Å². The van der Waals surface area contributed by atoms with Crippen molar-refractivity contribution in [3.63, 3.8) is 0 Å². The lowest BCUT2D eigenvalue weighted by molar-refractivity contribution is 0.378. The van der Waals surface area contributed by atoms with Gasteiger partial charge in [-0.05, 0) is 18.2 Å². The van der Waals surface area contributed by atoms with E-state index in [0.29, 0.717) is 17.5 Å². The van der Waals surface area contributed by atoms with Crippen LogP contribution in [0.15, 0.2) is 27.5 Å². The predicted octanol–water partition coefficient (Wildman–Crippen LogP) is 3.38. The lowest BCUT2D eigenvalue weighted by Crippen LogP contribution is -2.11. The Balaban J connectivity index is 2.02. The van der Waals surface area contributed by atoms with Gasteiger partial charge in [-0.25, -0.2) is 4.39 Å². The molecule has 0 unspecified atom stereocenters. The average molecular weight is 281 g/mol. The second-order valence-electron chi connectivity index (χ2n) is 5.22. The van der Waals surface area contributed by atoms with Crippen molar-refractivity contribution in [1.29, 1.82) is 0 Å². The minimum absolute atomic E-state index is 0.150. The lowest BCUT2D eigenvalue weighted by atomic mass is 9.97. The van der Waals surface area contributed by atoms with Crippen LogP contribution in [0.25, 0.3) is 0 Å². The molecule has 6 heteroatoms. The highest BCUT2D eigenvalue weighted by Crippen LogP contribution is 2.26. The fraction of sp³-hybridized carbons (Fsp3) is 0.385. The van der Waals surface area contributed by atoms with E-state index in [9.17, 15) is 4.39 Å². The maximum atomic E-state index is 13.3. The first-order valence-electron chi connectivity index (χ1n) is 5.87. The van der Waals surface area contributed by atoms with Crippen molar-refractivity contribution in [3.05, 3.63) is 35.8 Å². The van der Waals surface area contributed by atoms with Gasteiger partial charge in [0.1, 0.15) is 5.82 Å². The zero-order valence-corrected chi connectivity index (χ0v) is 11.9. The van der Waals surface area contributed by atoms with Crippen LogP contribution < -0.4 is 5.73 Å². The molecule has 0 radical (unpaired) electrons. The number of nitrogens with two attached hydrogens (primary N) is 1. The van der Waals surface area contributed by atoms with Gasteiger partial charge in [0, 0.05) is 10.3 Å². The summed E-state index contributed by atoms with van der Waals surface area (Å²) in [5.41, 5.74) is 5.41. The summed E-state index contributed by atoms with van der Waals surface area (Å²) in [5.74, 6) is 1.23. The van der Waals surface area contributed by atoms with Gasteiger partial charge in [-0.1, -0.05) is 20.8 Å². The summed E-state index contributed by atoms with van der Waals surface area (Å²) < 4.78 is 18.8. The highest BCUT2D eigenvalue weighted by atomic mass is 32.2. The van der Waals surface area contributed by atoms with Crippen molar-refractivity contribution < 1.29 is 8.81 Å². The van der Waals surface area contributed by atoms with Gasteiger partial charge in [0.15, 0.2) is 0 Å². The van der Waals surface area contributed by atoms with Gasteiger partial charge < -0.3 is 10.2 Å². The van der Waals surface area contributed by atoms with Crippen LogP contribution in [0.5, 0.6) is 0 Å². The Morgan fingerprint density at radius 2 is 2.05 bits per heavy atom. The molecule has 1 aromatic heterocycles. The number of hydrogen-bond acceptors (Lipinski definition) is 5. The van der Waals surface area contributed by atoms with Crippen molar-refractivity contribution in [2.24, 2.45) is 0 Å². The minimum Gasteiger partial charge on any atom is -0.424 e. The Hall–Kier alpha value is -1.56. The normalized spacial score (nSPS) is 11.8. The Morgan fingerprint density at radius 3 is 2.63 bits per heavy atom. The molecule has 0 spiro atoms. The van der Waals surface area contributed by atoms with Crippen LogP contribution in [0, 0.1) is 5.82 Å². The molecule has 2 N–H and O–H groups in total. The van der Waals surface area contributed by atoms with Gasteiger partial charge in [0.05, 0.1) is 11.4 Å². The predicted molar refractivity (Wildman–Crippen MR) is 73.4 cm³/mol. The Bertz CT molecular complexity index is 578. The monoisotopic (exact) mass is 281 g/mol. The molecule has 0 aliphatic rings. The van der Waals surface area contributed by atoms with E-state index >= 15 is 0 Å². The molecule has 0 aliphatic heterocycles. The number of anilines is 1. The van der Waals surface area contributed by atoms with Crippen LogP contribution in [0.1, 0.15) is 32.6 Å². The highest BCUT2D eigenvalue weighted by molar-refractivity contribution is 7.98. The highest BCUT2D eigenvalue weighted by Gasteiger charge is 2.21. The Labute approximate surface area is 115 Å².